The molecule has 0 saturated carbocycles. The summed E-state index contributed by atoms with van der Waals surface area (Å²) in [6, 6.07) is 0. The summed E-state index contributed by atoms with van der Waals surface area (Å²) in [6.07, 6.45) is 0.381. The Morgan fingerprint density at radius 2 is 1.67 bits per heavy atom. The van der Waals surface area contributed by atoms with Gasteiger partial charge in [-0.3, -0.25) is 0 Å². The SMILES string of the molecule is FC(F)(F)c1onc2c1CCCCCC2. The number of hydrogen-bond donors (Lipinski definition) is 0. The highest BCUT2D eigenvalue weighted by Crippen LogP contribution is 2.35. The summed E-state index contributed by atoms with van der Waals surface area (Å²) in [5.41, 5.74) is 0.782. The van der Waals surface area contributed by atoms with Crippen LogP contribution >= 0.6 is 0 Å². The first-order valence-electron chi connectivity index (χ1n) is 5.13. The van der Waals surface area contributed by atoms with Gasteiger partial charge in [0.1, 0.15) is 0 Å². The second-order valence-electron chi connectivity index (χ2n) is 3.85. The third-order valence-electron chi connectivity index (χ3n) is 2.72. The van der Waals surface area contributed by atoms with Gasteiger partial charge in [0.2, 0.25) is 5.76 Å². The molecule has 1 aliphatic carbocycles. The van der Waals surface area contributed by atoms with Gasteiger partial charge in [-0.05, 0) is 25.7 Å². The monoisotopic (exact) mass is 219 g/mol. The average Bonchev–Trinajstić information content (AvgIpc) is 2.46. The number of hydrogen-bond acceptors (Lipinski definition) is 2. The Bertz CT molecular complexity index is 343. The maximum absolute atomic E-state index is 12.5. The minimum absolute atomic E-state index is 0.280. The molecule has 2 rings (SSSR count). The zero-order chi connectivity index (χ0) is 10.9. The molecule has 5 heteroatoms. The van der Waals surface area contributed by atoms with Gasteiger partial charge in [0.05, 0.1) is 5.69 Å². The van der Waals surface area contributed by atoms with Crippen molar-refractivity contribution in [2.24, 2.45) is 0 Å². The van der Waals surface area contributed by atoms with Crippen LogP contribution in [0.1, 0.15) is 42.7 Å². The summed E-state index contributed by atoms with van der Waals surface area (Å²) in [4.78, 5) is 0. The number of nitrogens with zero attached hydrogens (tertiary/aromatic N) is 1. The summed E-state index contributed by atoms with van der Waals surface area (Å²) in [7, 11) is 0. The molecule has 0 saturated heterocycles. The molecule has 0 amide bonds. The van der Waals surface area contributed by atoms with E-state index in [1.54, 1.807) is 0 Å². The van der Waals surface area contributed by atoms with Crippen LogP contribution in [0.2, 0.25) is 0 Å². The van der Waals surface area contributed by atoms with Crippen LogP contribution in [0.4, 0.5) is 13.2 Å². The lowest BCUT2D eigenvalue weighted by Gasteiger charge is -2.09. The first-order chi connectivity index (χ1) is 7.09. The molecule has 0 aliphatic heterocycles. The lowest BCUT2D eigenvalue weighted by atomic mass is 9.97. The maximum atomic E-state index is 12.5. The van der Waals surface area contributed by atoms with Gasteiger partial charge < -0.3 is 4.52 Å². The third kappa shape index (κ3) is 2.16. The van der Waals surface area contributed by atoms with E-state index < -0.39 is 11.9 Å². The summed E-state index contributed by atoms with van der Waals surface area (Å²) in [5.74, 6) is -0.889. The largest absolute Gasteiger partial charge is 0.452 e. The molecule has 0 fully saturated rings. The van der Waals surface area contributed by atoms with Crippen LogP contribution in [-0.4, -0.2) is 5.16 Å². The van der Waals surface area contributed by atoms with Crippen LogP contribution in [0, 0.1) is 0 Å². The van der Waals surface area contributed by atoms with E-state index in [1.807, 2.05) is 0 Å². The van der Waals surface area contributed by atoms with E-state index in [9.17, 15) is 13.2 Å². The average molecular weight is 219 g/mol. The van der Waals surface area contributed by atoms with Gasteiger partial charge >= 0.3 is 6.18 Å². The van der Waals surface area contributed by atoms with Crippen LogP contribution < -0.4 is 0 Å². The normalized spacial score (nSPS) is 18.1. The number of rotatable bonds is 0. The lowest BCUT2D eigenvalue weighted by molar-refractivity contribution is -0.156. The molecule has 0 unspecified atom stereocenters. The van der Waals surface area contributed by atoms with Crippen LogP contribution in [0.3, 0.4) is 0 Å². The van der Waals surface area contributed by atoms with E-state index in [2.05, 4.69) is 9.68 Å². The topological polar surface area (TPSA) is 26.0 Å². The highest BCUT2D eigenvalue weighted by molar-refractivity contribution is 5.25. The van der Waals surface area contributed by atoms with Crippen molar-refractivity contribution in [2.75, 3.05) is 0 Å². The van der Waals surface area contributed by atoms with Gasteiger partial charge in [-0.15, -0.1) is 0 Å². The molecule has 2 nitrogen and oxygen atoms in total. The van der Waals surface area contributed by atoms with E-state index in [-0.39, 0.29) is 5.56 Å². The molecule has 15 heavy (non-hydrogen) atoms. The Hall–Kier alpha value is -1.00. The van der Waals surface area contributed by atoms with Crippen molar-refractivity contribution < 1.29 is 17.7 Å². The highest BCUT2D eigenvalue weighted by Gasteiger charge is 2.39. The molecule has 0 spiro atoms. The van der Waals surface area contributed by atoms with Crippen LogP contribution in [0.25, 0.3) is 0 Å². The van der Waals surface area contributed by atoms with Gasteiger partial charge in [-0.25, -0.2) is 0 Å². The minimum Gasteiger partial charge on any atom is -0.351 e. The molecule has 0 aromatic carbocycles. The van der Waals surface area contributed by atoms with Gasteiger partial charge in [-0.2, -0.15) is 13.2 Å². The first-order valence-corrected chi connectivity index (χ1v) is 5.13. The molecule has 1 heterocycles. The molecule has 0 N–H and O–H groups in total. The fourth-order valence-electron chi connectivity index (χ4n) is 1.97. The molecule has 0 radical (unpaired) electrons. The molecule has 1 aromatic heterocycles. The Balaban J connectivity index is 2.34. The lowest BCUT2D eigenvalue weighted by Crippen LogP contribution is -2.08. The Morgan fingerprint density at radius 3 is 2.33 bits per heavy atom. The van der Waals surface area contributed by atoms with Crippen molar-refractivity contribution in [1.29, 1.82) is 0 Å². The van der Waals surface area contributed by atoms with Crippen molar-refractivity contribution >= 4 is 0 Å². The molecule has 84 valence electrons. The number of alkyl halides is 3. The molecule has 0 atom stereocenters. The van der Waals surface area contributed by atoms with Crippen LogP contribution in [-0.2, 0) is 19.0 Å². The van der Waals surface area contributed by atoms with Gasteiger partial charge in [0, 0.05) is 5.56 Å². The quantitative estimate of drug-likeness (QED) is 0.668. The maximum Gasteiger partial charge on any atom is 0.452 e. The summed E-state index contributed by atoms with van der Waals surface area (Å²) in [6.45, 7) is 0. The van der Waals surface area contributed by atoms with Crippen molar-refractivity contribution in [2.45, 2.75) is 44.7 Å². The molecule has 1 aliphatic rings. The zero-order valence-electron chi connectivity index (χ0n) is 8.23. The molecule has 0 bridgehead atoms. The predicted molar refractivity (Wildman–Crippen MR) is 47.4 cm³/mol. The van der Waals surface area contributed by atoms with Crippen molar-refractivity contribution in [3.05, 3.63) is 17.0 Å². The van der Waals surface area contributed by atoms with Crippen molar-refractivity contribution in [3.8, 4) is 0 Å². The number of aromatic nitrogens is 1. The van der Waals surface area contributed by atoms with E-state index in [0.717, 1.165) is 25.7 Å². The number of aryl methyl sites for hydroxylation is 1. The van der Waals surface area contributed by atoms with Crippen molar-refractivity contribution in [3.63, 3.8) is 0 Å². The zero-order valence-corrected chi connectivity index (χ0v) is 8.23. The Labute approximate surface area is 85.4 Å². The summed E-state index contributed by atoms with van der Waals surface area (Å²) >= 11 is 0. The van der Waals surface area contributed by atoms with E-state index in [4.69, 9.17) is 0 Å². The molecular weight excluding hydrogens is 207 g/mol. The second-order valence-corrected chi connectivity index (χ2v) is 3.85. The molecule has 1 aromatic rings. The second kappa shape index (κ2) is 3.87. The van der Waals surface area contributed by atoms with E-state index >= 15 is 0 Å². The standard InChI is InChI=1S/C10H12F3NO/c11-10(12,13)9-7-5-3-1-2-4-6-8(7)14-15-9/h1-6H2. The minimum atomic E-state index is -4.40. The van der Waals surface area contributed by atoms with Gasteiger partial charge in [-0.1, -0.05) is 18.0 Å². The summed E-state index contributed by atoms with van der Waals surface area (Å²) in [5, 5.41) is 3.53. The fraction of sp³-hybridized carbons (Fsp3) is 0.700. The summed E-state index contributed by atoms with van der Waals surface area (Å²) < 4.78 is 41.9. The van der Waals surface area contributed by atoms with Crippen LogP contribution in [0.15, 0.2) is 4.52 Å². The smallest absolute Gasteiger partial charge is 0.351 e. The predicted octanol–water partition coefficient (Wildman–Crippen LogP) is 3.35. The van der Waals surface area contributed by atoms with E-state index in [1.165, 1.54) is 0 Å². The van der Waals surface area contributed by atoms with Gasteiger partial charge in [0.15, 0.2) is 0 Å². The number of halogens is 3. The fourth-order valence-corrected chi connectivity index (χ4v) is 1.97. The Kier molecular flexibility index (Phi) is 2.71. The highest BCUT2D eigenvalue weighted by atomic mass is 19.4. The van der Waals surface area contributed by atoms with Crippen LogP contribution in [0.5, 0.6) is 0 Å². The van der Waals surface area contributed by atoms with Gasteiger partial charge in [0.25, 0.3) is 0 Å². The number of fused-ring (bicyclic) bond motifs is 1. The first kappa shape index (κ1) is 10.5. The Morgan fingerprint density at radius 1 is 1.00 bits per heavy atom. The third-order valence-corrected chi connectivity index (χ3v) is 2.72. The molecular formula is C10H12F3NO. The van der Waals surface area contributed by atoms with Crippen molar-refractivity contribution in [1.82, 2.24) is 5.16 Å². The van der Waals surface area contributed by atoms with E-state index in [0.29, 0.717) is 18.5 Å².